The predicted molar refractivity (Wildman–Crippen MR) is 124 cm³/mol. The number of carbonyl (C=O) groups is 1. The van der Waals surface area contributed by atoms with Crippen LogP contribution in [0.5, 0.6) is 0 Å². The summed E-state index contributed by atoms with van der Waals surface area (Å²) in [5, 5.41) is 22.2. The largest absolute Gasteiger partial charge is 0.327 e. The van der Waals surface area contributed by atoms with Gasteiger partial charge < -0.3 is 4.57 Å². The van der Waals surface area contributed by atoms with Gasteiger partial charge in [-0.25, -0.2) is 4.98 Å². The Morgan fingerprint density at radius 2 is 2.07 bits per heavy atom. The molecule has 3 heterocycles. The smallest absolute Gasteiger partial charge is 0.239 e. The molecule has 0 radical (unpaired) electrons. The number of nitrogens with zero attached hydrogens (tertiary/aromatic N) is 6. The van der Waals surface area contributed by atoms with Gasteiger partial charge in [0.1, 0.15) is 10.5 Å². The summed E-state index contributed by atoms with van der Waals surface area (Å²) in [6, 6.07) is 6.02. The first-order chi connectivity index (χ1) is 14.4. The van der Waals surface area contributed by atoms with Crippen molar-refractivity contribution in [3.8, 4) is 0 Å². The lowest BCUT2D eigenvalue weighted by molar-refractivity contribution is -0.115. The monoisotopic (exact) mass is 505 g/mol. The lowest BCUT2D eigenvalue weighted by Crippen LogP contribution is -2.24. The highest BCUT2D eigenvalue weighted by molar-refractivity contribution is 9.10. The molecule has 8 nitrogen and oxygen atoms in total. The number of anilines is 1. The summed E-state index contributed by atoms with van der Waals surface area (Å²) in [5.41, 5.74) is 2.51. The van der Waals surface area contributed by atoms with Crippen LogP contribution >= 0.6 is 39.0 Å². The number of hydrogen-bond acceptors (Lipinski definition) is 8. The Kier molecular flexibility index (Phi) is 6.03. The van der Waals surface area contributed by atoms with Crippen LogP contribution in [0.25, 0.3) is 22.1 Å². The molecule has 0 bridgehead atoms. The number of nitrogens with one attached hydrogen (secondary N) is 1. The first kappa shape index (κ1) is 21.1. The normalized spacial score (nSPS) is 12.7. The van der Waals surface area contributed by atoms with Gasteiger partial charge in [0, 0.05) is 22.8 Å². The van der Waals surface area contributed by atoms with Crippen molar-refractivity contribution in [3.63, 3.8) is 0 Å². The fourth-order valence-electron chi connectivity index (χ4n) is 3.02. The second-order valence-electron chi connectivity index (χ2n) is 7.09. The van der Waals surface area contributed by atoms with Gasteiger partial charge in [-0.05, 0) is 24.6 Å². The Hall–Kier alpha value is -2.11. The molecule has 0 fully saturated rings. The van der Waals surface area contributed by atoms with Crippen molar-refractivity contribution < 1.29 is 4.79 Å². The molecule has 30 heavy (non-hydrogen) atoms. The van der Waals surface area contributed by atoms with Crippen molar-refractivity contribution in [1.29, 1.82) is 0 Å². The number of thioether (sulfide) groups is 1. The number of aryl methyl sites for hydroxylation is 1. The molecule has 0 spiro atoms. The topological polar surface area (TPSA) is 98.5 Å². The average molecular weight is 506 g/mol. The molecule has 0 saturated heterocycles. The molecule has 0 aliphatic rings. The molecular weight excluding hydrogens is 486 g/mol. The van der Waals surface area contributed by atoms with Crippen molar-refractivity contribution in [3.05, 3.63) is 27.7 Å². The predicted octanol–water partition coefficient (Wildman–Crippen LogP) is 4.76. The minimum absolute atomic E-state index is 0.140. The fourth-order valence-corrected chi connectivity index (χ4v) is 4.94. The second kappa shape index (κ2) is 8.56. The number of benzene rings is 1. The van der Waals surface area contributed by atoms with Gasteiger partial charge in [-0.1, -0.05) is 59.8 Å². The van der Waals surface area contributed by atoms with E-state index in [4.69, 9.17) is 0 Å². The third kappa shape index (κ3) is 4.06. The van der Waals surface area contributed by atoms with Crippen LogP contribution in [-0.2, 0) is 11.8 Å². The van der Waals surface area contributed by atoms with E-state index >= 15 is 0 Å². The van der Waals surface area contributed by atoms with Crippen molar-refractivity contribution in [1.82, 2.24) is 29.9 Å². The molecule has 0 saturated carbocycles. The number of fused-ring (bicyclic) bond motifs is 3. The summed E-state index contributed by atoms with van der Waals surface area (Å²) >= 11 is 6.20. The van der Waals surface area contributed by atoms with Gasteiger partial charge in [-0.15, -0.1) is 20.4 Å². The van der Waals surface area contributed by atoms with Crippen molar-refractivity contribution in [2.24, 2.45) is 7.05 Å². The molecule has 11 heteroatoms. The van der Waals surface area contributed by atoms with Crippen LogP contribution in [-0.4, -0.2) is 41.1 Å². The second-order valence-corrected chi connectivity index (χ2v) is 10.2. The third-order valence-electron chi connectivity index (χ3n) is 4.62. The highest BCUT2D eigenvalue weighted by Crippen LogP contribution is 2.30. The molecule has 0 aliphatic carbocycles. The summed E-state index contributed by atoms with van der Waals surface area (Å²) in [5.74, 6) is 0.135. The number of aromatic nitrogens is 6. The fraction of sp³-hybridized carbons (Fsp3) is 0.368. The van der Waals surface area contributed by atoms with Gasteiger partial charge in [-0.2, -0.15) is 0 Å². The molecule has 156 valence electrons. The highest BCUT2D eigenvalue weighted by Gasteiger charge is 2.22. The summed E-state index contributed by atoms with van der Waals surface area (Å²) in [4.78, 5) is 17.4. The standard InChI is InChI=1S/C19H20BrN7OS2/c1-5-13(16(28)22-19-26-24-17(30-19)9(2)3)29-18-21-15-14(23-25-18)11-8-10(20)6-7-12(11)27(15)4/h6-9,13H,5H2,1-4H3,(H,22,26,28)/t13-/m1/s1. The minimum atomic E-state index is -0.362. The number of carbonyl (C=O) groups excluding carboxylic acids is 1. The summed E-state index contributed by atoms with van der Waals surface area (Å²) in [7, 11) is 1.95. The maximum Gasteiger partial charge on any atom is 0.239 e. The number of hydrogen-bond donors (Lipinski definition) is 1. The Labute approximate surface area is 190 Å². The zero-order valence-electron chi connectivity index (χ0n) is 16.9. The van der Waals surface area contributed by atoms with E-state index < -0.39 is 0 Å². The van der Waals surface area contributed by atoms with Crippen molar-refractivity contribution >= 4 is 72.1 Å². The van der Waals surface area contributed by atoms with E-state index in [1.807, 2.05) is 50.6 Å². The van der Waals surface area contributed by atoms with Crippen LogP contribution in [0.1, 0.15) is 38.1 Å². The average Bonchev–Trinajstić information content (AvgIpc) is 3.29. The molecule has 1 atom stereocenters. The van der Waals surface area contributed by atoms with Gasteiger partial charge in [-0.3, -0.25) is 10.1 Å². The SMILES string of the molecule is CC[C@@H](Sc1nnc2c3cc(Br)ccc3n(C)c2n1)C(=O)Nc1nnc(C(C)C)s1. The Morgan fingerprint density at radius 3 is 2.77 bits per heavy atom. The van der Waals surface area contributed by atoms with Crippen LogP contribution in [0.2, 0.25) is 0 Å². The quantitative estimate of drug-likeness (QED) is 0.377. The molecule has 4 rings (SSSR count). The van der Waals surface area contributed by atoms with Gasteiger partial charge >= 0.3 is 0 Å². The first-order valence-corrected chi connectivity index (χ1v) is 12.0. The van der Waals surface area contributed by atoms with E-state index in [1.54, 1.807) is 0 Å². The Morgan fingerprint density at radius 1 is 1.27 bits per heavy atom. The zero-order valence-corrected chi connectivity index (χ0v) is 20.1. The molecular formula is C19H20BrN7OS2. The van der Waals surface area contributed by atoms with Crippen LogP contribution in [0.15, 0.2) is 27.8 Å². The van der Waals surface area contributed by atoms with Gasteiger partial charge in [0.15, 0.2) is 5.65 Å². The van der Waals surface area contributed by atoms with E-state index in [9.17, 15) is 4.79 Å². The van der Waals surface area contributed by atoms with Crippen LogP contribution in [0, 0.1) is 0 Å². The molecule has 0 unspecified atom stereocenters. The van der Waals surface area contributed by atoms with E-state index in [0.29, 0.717) is 16.7 Å². The highest BCUT2D eigenvalue weighted by atomic mass is 79.9. The minimum Gasteiger partial charge on any atom is -0.327 e. The number of rotatable bonds is 6. The van der Waals surface area contributed by atoms with E-state index in [1.165, 1.54) is 23.1 Å². The van der Waals surface area contributed by atoms with Crippen molar-refractivity contribution in [2.75, 3.05) is 5.32 Å². The van der Waals surface area contributed by atoms with Crippen LogP contribution < -0.4 is 5.32 Å². The summed E-state index contributed by atoms with van der Waals surface area (Å²) < 4.78 is 2.97. The van der Waals surface area contributed by atoms with E-state index in [-0.39, 0.29) is 17.1 Å². The Balaban J connectivity index is 1.57. The lowest BCUT2D eigenvalue weighted by atomic mass is 10.2. The van der Waals surface area contributed by atoms with Gasteiger partial charge in [0.05, 0.1) is 10.8 Å². The first-order valence-electron chi connectivity index (χ1n) is 9.46. The molecule has 0 aliphatic heterocycles. The van der Waals surface area contributed by atoms with E-state index in [0.717, 1.165) is 31.5 Å². The van der Waals surface area contributed by atoms with Gasteiger partial charge in [0.25, 0.3) is 0 Å². The Bertz CT molecular complexity index is 1240. The molecule has 1 N–H and O–H groups in total. The molecule has 1 amide bonds. The summed E-state index contributed by atoms with van der Waals surface area (Å²) in [6.45, 7) is 6.04. The van der Waals surface area contributed by atoms with E-state index in [2.05, 4.69) is 46.6 Å². The maximum atomic E-state index is 12.8. The number of halogens is 1. The lowest BCUT2D eigenvalue weighted by Gasteiger charge is -2.11. The molecule has 4 aromatic rings. The number of amides is 1. The molecule has 1 aromatic carbocycles. The summed E-state index contributed by atoms with van der Waals surface area (Å²) in [6.07, 6.45) is 0.621. The third-order valence-corrected chi connectivity index (χ3v) is 7.47. The van der Waals surface area contributed by atoms with Gasteiger partial charge in [0.2, 0.25) is 16.2 Å². The van der Waals surface area contributed by atoms with Crippen LogP contribution in [0.4, 0.5) is 5.13 Å². The van der Waals surface area contributed by atoms with Crippen molar-refractivity contribution in [2.45, 2.75) is 43.5 Å². The van der Waals surface area contributed by atoms with Crippen LogP contribution in [0.3, 0.4) is 0 Å². The maximum absolute atomic E-state index is 12.8. The zero-order chi connectivity index (χ0) is 21.4. The molecule has 3 aromatic heterocycles.